The molecule has 1 aromatic heterocycles. The highest BCUT2D eigenvalue weighted by molar-refractivity contribution is 7.92. The summed E-state index contributed by atoms with van der Waals surface area (Å²) < 4.78 is 51.8. The molecular formula is C12H10F2N2O3S. The molecule has 0 amide bonds. The van der Waals surface area contributed by atoms with Crippen LogP contribution in [0.4, 0.5) is 14.6 Å². The molecule has 0 aliphatic rings. The summed E-state index contributed by atoms with van der Waals surface area (Å²) in [7, 11) is -4.17. The van der Waals surface area contributed by atoms with Gasteiger partial charge in [-0.2, -0.15) is 0 Å². The number of sulfonamides is 1. The number of aromatic hydroxyl groups is 1. The summed E-state index contributed by atoms with van der Waals surface area (Å²) in [4.78, 5) is 3.34. The minimum absolute atomic E-state index is 0.283. The molecule has 106 valence electrons. The summed E-state index contributed by atoms with van der Waals surface area (Å²) in [5, 5.41) is 9.52. The van der Waals surface area contributed by atoms with Crippen molar-refractivity contribution in [2.24, 2.45) is 0 Å². The van der Waals surface area contributed by atoms with Gasteiger partial charge in [-0.3, -0.25) is 4.72 Å². The van der Waals surface area contributed by atoms with Gasteiger partial charge in [0.15, 0.2) is 23.2 Å². The minimum atomic E-state index is -4.17. The number of hydrogen-bond acceptors (Lipinski definition) is 4. The number of pyridine rings is 1. The zero-order chi connectivity index (χ0) is 14.9. The topological polar surface area (TPSA) is 79.3 Å². The van der Waals surface area contributed by atoms with Crippen molar-refractivity contribution in [2.75, 3.05) is 4.72 Å². The molecule has 0 bridgehead atoms. The number of halogens is 2. The normalized spacial score (nSPS) is 11.3. The molecule has 0 aliphatic heterocycles. The summed E-state index contributed by atoms with van der Waals surface area (Å²) in [6.07, 6.45) is 0. The molecule has 0 saturated heterocycles. The van der Waals surface area contributed by atoms with Crippen molar-refractivity contribution in [3.8, 4) is 5.75 Å². The second-order valence-corrected chi connectivity index (χ2v) is 5.68. The maximum absolute atomic E-state index is 13.1. The van der Waals surface area contributed by atoms with E-state index in [0.29, 0.717) is 17.8 Å². The zero-order valence-corrected chi connectivity index (χ0v) is 11.1. The van der Waals surface area contributed by atoms with Crippen LogP contribution in [0.3, 0.4) is 0 Å². The van der Waals surface area contributed by atoms with Crippen LogP contribution in [0.15, 0.2) is 35.2 Å². The van der Waals surface area contributed by atoms with Gasteiger partial charge >= 0.3 is 0 Å². The summed E-state index contributed by atoms with van der Waals surface area (Å²) in [5.41, 5.74) is 0.478. The molecule has 2 N–H and O–H groups in total. The van der Waals surface area contributed by atoms with E-state index in [1.165, 1.54) is 12.1 Å². The van der Waals surface area contributed by atoms with Gasteiger partial charge in [0.1, 0.15) is 0 Å². The second-order valence-electron chi connectivity index (χ2n) is 4.00. The Labute approximate surface area is 114 Å². The smallest absolute Gasteiger partial charge is 0.263 e. The standard InChI is InChI=1S/C12H10F2N2O3S/c1-7-2-5-11(17)12(15-7)16-20(18,19)8-3-4-9(13)10(14)6-8/h2-6,17H,1H3,(H,15,16). The molecule has 1 heterocycles. The van der Waals surface area contributed by atoms with Gasteiger partial charge in [0, 0.05) is 5.69 Å². The maximum atomic E-state index is 13.1. The van der Waals surface area contributed by atoms with Crippen LogP contribution < -0.4 is 4.72 Å². The molecule has 0 aliphatic carbocycles. The molecule has 1 aromatic carbocycles. The van der Waals surface area contributed by atoms with E-state index in [2.05, 4.69) is 4.98 Å². The first-order chi connectivity index (χ1) is 9.29. The number of anilines is 1. The van der Waals surface area contributed by atoms with Gasteiger partial charge in [-0.1, -0.05) is 0 Å². The Morgan fingerprint density at radius 1 is 1.15 bits per heavy atom. The highest BCUT2D eigenvalue weighted by Crippen LogP contribution is 2.24. The van der Waals surface area contributed by atoms with Gasteiger partial charge in [-0.05, 0) is 37.3 Å². The number of nitrogens with one attached hydrogen (secondary N) is 1. The van der Waals surface area contributed by atoms with Gasteiger partial charge < -0.3 is 5.11 Å². The first kappa shape index (κ1) is 14.2. The fourth-order valence-electron chi connectivity index (χ4n) is 1.45. The second kappa shape index (κ2) is 5.04. The van der Waals surface area contributed by atoms with Crippen molar-refractivity contribution >= 4 is 15.8 Å². The fourth-order valence-corrected chi connectivity index (χ4v) is 2.48. The van der Waals surface area contributed by atoms with E-state index in [1.807, 2.05) is 4.72 Å². The van der Waals surface area contributed by atoms with Crippen molar-refractivity contribution in [1.82, 2.24) is 4.98 Å². The third-order valence-electron chi connectivity index (χ3n) is 2.45. The first-order valence-corrected chi connectivity index (χ1v) is 6.92. The predicted molar refractivity (Wildman–Crippen MR) is 67.8 cm³/mol. The van der Waals surface area contributed by atoms with Crippen molar-refractivity contribution in [1.29, 1.82) is 0 Å². The van der Waals surface area contributed by atoms with Gasteiger partial charge in [-0.15, -0.1) is 0 Å². The summed E-state index contributed by atoms with van der Waals surface area (Å²) in [6, 6.07) is 4.92. The van der Waals surface area contributed by atoms with Crippen LogP contribution in [-0.4, -0.2) is 18.5 Å². The molecule has 8 heteroatoms. The molecule has 2 rings (SSSR count). The monoisotopic (exact) mass is 300 g/mol. The number of aromatic nitrogens is 1. The molecule has 5 nitrogen and oxygen atoms in total. The largest absolute Gasteiger partial charge is 0.504 e. The van der Waals surface area contributed by atoms with E-state index in [1.54, 1.807) is 6.92 Å². The maximum Gasteiger partial charge on any atom is 0.263 e. The molecule has 0 atom stereocenters. The highest BCUT2D eigenvalue weighted by atomic mass is 32.2. The van der Waals surface area contributed by atoms with Crippen molar-refractivity contribution < 1.29 is 22.3 Å². The Bertz CT molecular complexity index is 763. The lowest BCUT2D eigenvalue weighted by Gasteiger charge is -2.09. The predicted octanol–water partition coefficient (Wildman–Crippen LogP) is 2.17. The Balaban J connectivity index is 2.40. The van der Waals surface area contributed by atoms with Gasteiger partial charge in [0.25, 0.3) is 10.0 Å². The van der Waals surface area contributed by atoms with E-state index in [0.717, 1.165) is 6.07 Å². The average molecular weight is 300 g/mol. The molecule has 0 fully saturated rings. The van der Waals surface area contributed by atoms with Crippen molar-refractivity contribution in [3.63, 3.8) is 0 Å². The molecule has 0 unspecified atom stereocenters. The van der Waals surface area contributed by atoms with Crippen LogP contribution in [0, 0.1) is 18.6 Å². The first-order valence-electron chi connectivity index (χ1n) is 5.44. The Kier molecular flexibility index (Phi) is 3.58. The van der Waals surface area contributed by atoms with Crippen molar-refractivity contribution in [2.45, 2.75) is 11.8 Å². The summed E-state index contributed by atoms with van der Waals surface area (Å²) >= 11 is 0. The summed E-state index contributed by atoms with van der Waals surface area (Å²) in [5.74, 6) is -3.09. The molecule has 0 saturated carbocycles. The number of aryl methyl sites for hydroxylation is 1. The Morgan fingerprint density at radius 2 is 1.85 bits per heavy atom. The highest BCUT2D eigenvalue weighted by Gasteiger charge is 2.19. The fraction of sp³-hybridized carbons (Fsp3) is 0.0833. The Morgan fingerprint density at radius 3 is 2.50 bits per heavy atom. The number of benzene rings is 1. The molecule has 2 aromatic rings. The zero-order valence-electron chi connectivity index (χ0n) is 10.3. The lowest BCUT2D eigenvalue weighted by molar-refractivity contribution is 0.475. The molecular weight excluding hydrogens is 290 g/mol. The van der Waals surface area contributed by atoms with E-state index in [9.17, 15) is 22.3 Å². The Hall–Kier alpha value is -2.22. The third-order valence-corrected chi connectivity index (χ3v) is 3.78. The number of rotatable bonds is 3. The van der Waals surface area contributed by atoms with Gasteiger partial charge in [-0.25, -0.2) is 22.2 Å². The summed E-state index contributed by atoms with van der Waals surface area (Å²) in [6.45, 7) is 1.61. The van der Waals surface area contributed by atoms with Crippen molar-refractivity contribution in [3.05, 3.63) is 47.7 Å². The SMILES string of the molecule is Cc1ccc(O)c(NS(=O)(=O)c2ccc(F)c(F)c2)n1. The minimum Gasteiger partial charge on any atom is -0.504 e. The molecule has 20 heavy (non-hydrogen) atoms. The van der Waals surface area contributed by atoms with Crippen LogP contribution in [0.25, 0.3) is 0 Å². The van der Waals surface area contributed by atoms with E-state index in [-0.39, 0.29) is 11.6 Å². The van der Waals surface area contributed by atoms with E-state index >= 15 is 0 Å². The van der Waals surface area contributed by atoms with Crippen LogP contribution in [0.2, 0.25) is 0 Å². The van der Waals surface area contributed by atoms with E-state index in [4.69, 9.17) is 0 Å². The number of hydrogen-bond donors (Lipinski definition) is 2. The lowest BCUT2D eigenvalue weighted by Crippen LogP contribution is -2.14. The molecule has 0 spiro atoms. The van der Waals surface area contributed by atoms with Gasteiger partial charge in [0.05, 0.1) is 4.90 Å². The lowest BCUT2D eigenvalue weighted by atomic mass is 10.3. The third kappa shape index (κ3) is 2.85. The average Bonchev–Trinajstić information content (AvgIpc) is 2.36. The van der Waals surface area contributed by atoms with E-state index < -0.39 is 26.6 Å². The van der Waals surface area contributed by atoms with Crippen LogP contribution in [-0.2, 0) is 10.0 Å². The van der Waals surface area contributed by atoms with Crippen LogP contribution in [0.1, 0.15) is 5.69 Å². The van der Waals surface area contributed by atoms with Crippen LogP contribution >= 0.6 is 0 Å². The quantitative estimate of drug-likeness (QED) is 0.910. The number of nitrogens with zero attached hydrogens (tertiary/aromatic N) is 1. The molecule has 0 radical (unpaired) electrons. The van der Waals surface area contributed by atoms with Crippen LogP contribution in [0.5, 0.6) is 5.75 Å². The van der Waals surface area contributed by atoms with Gasteiger partial charge in [0.2, 0.25) is 0 Å².